The molecule has 2 heterocycles. The highest BCUT2D eigenvalue weighted by molar-refractivity contribution is 8.03. The van der Waals surface area contributed by atoms with Gasteiger partial charge in [0.05, 0.1) is 23.4 Å². The number of aryl methyl sites for hydroxylation is 1. The van der Waals surface area contributed by atoms with Crippen molar-refractivity contribution in [3.05, 3.63) is 51.5 Å². The van der Waals surface area contributed by atoms with E-state index in [9.17, 15) is 0 Å². The van der Waals surface area contributed by atoms with Crippen molar-refractivity contribution in [2.45, 2.75) is 11.8 Å². The third-order valence-electron chi connectivity index (χ3n) is 4.22. The lowest BCUT2D eigenvalue weighted by molar-refractivity contribution is -0.642. The van der Waals surface area contributed by atoms with Crippen LogP contribution < -0.4 is 14.2 Å². The average Bonchev–Trinajstić information content (AvgIpc) is 3.06. The van der Waals surface area contributed by atoms with Gasteiger partial charge in [0.2, 0.25) is 5.52 Å². The maximum absolute atomic E-state index is 6.15. The van der Waals surface area contributed by atoms with E-state index in [2.05, 4.69) is 47.8 Å². The van der Waals surface area contributed by atoms with Gasteiger partial charge in [0.1, 0.15) is 17.5 Å². The molecule has 0 bridgehead atoms. The first kappa shape index (κ1) is 16.8. The summed E-state index contributed by atoms with van der Waals surface area (Å²) < 4.78 is 9.08. The van der Waals surface area contributed by atoms with E-state index in [1.807, 2.05) is 25.1 Å². The molecule has 0 fully saturated rings. The van der Waals surface area contributed by atoms with Gasteiger partial charge in [-0.05, 0) is 31.2 Å². The molecule has 2 aromatic carbocycles. The van der Waals surface area contributed by atoms with Crippen LogP contribution in [0.5, 0.6) is 5.75 Å². The standard InChI is InChI=1S/C19H18ClN2OS2/c1-4-23-13-6-7-14-17(10-13)25-18(21(14)2)11-19-22(3)15-9-12(20)5-8-16(15)24-19/h5-11H,4H2,1-3H3/q+1. The zero-order chi connectivity index (χ0) is 17.6. The van der Waals surface area contributed by atoms with Gasteiger partial charge in [-0.2, -0.15) is 4.57 Å². The number of hydrogen-bond donors (Lipinski definition) is 0. The topological polar surface area (TPSA) is 16.4 Å². The van der Waals surface area contributed by atoms with Gasteiger partial charge < -0.3 is 9.64 Å². The minimum Gasteiger partial charge on any atom is -0.494 e. The number of aromatic nitrogens is 1. The molecular formula is C19H18ClN2OS2+. The molecule has 0 saturated heterocycles. The van der Waals surface area contributed by atoms with Gasteiger partial charge in [0.15, 0.2) is 0 Å². The minimum atomic E-state index is 0.683. The van der Waals surface area contributed by atoms with Crippen molar-refractivity contribution >= 4 is 56.7 Å². The van der Waals surface area contributed by atoms with E-state index in [-0.39, 0.29) is 0 Å². The lowest BCUT2D eigenvalue weighted by atomic mass is 10.3. The molecule has 0 amide bonds. The van der Waals surface area contributed by atoms with Crippen molar-refractivity contribution < 1.29 is 9.30 Å². The molecule has 6 heteroatoms. The van der Waals surface area contributed by atoms with Gasteiger partial charge in [-0.1, -0.05) is 34.7 Å². The molecule has 3 nitrogen and oxygen atoms in total. The molecule has 1 aromatic heterocycles. The number of thiazole rings is 1. The molecule has 0 spiro atoms. The Bertz CT molecular complexity index is 996. The lowest BCUT2D eigenvalue weighted by Gasteiger charge is -2.12. The van der Waals surface area contributed by atoms with Gasteiger partial charge >= 0.3 is 0 Å². The summed E-state index contributed by atoms with van der Waals surface area (Å²) >= 11 is 9.70. The average molecular weight is 390 g/mol. The number of halogens is 1. The number of rotatable bonds is 3. The van der Waals surface area contributed by atoms with Crippen LogP contribution in [0, 0.1) is 0 Å². The van der Waals surface area contributed by atoms with Gasteiger partial charge in [-0.25, -0.2) is 0 Å². The molecule has 0 N–H and O–H groups in total. The van der Waals surface area contributed by atoms with Gasteiger partial charge in [0, 0.05) is 29.1 Å². The van der Waals surface area contributed by atoms with Gasteiger partial charge in [0.25, 0.3) is 5.01 Å². The second kappa shape index (κ2) is 6.56. The number of nitrogens with zero attached hydrogens (tertiary/aromatic N) is 2. The van der Waals surface area contributed by atoms with E-state index in [0.29, 0.717) is 6.61 Å². The zero-order valence-electron chi connectivity index (χ0n) is 14.2. The minimum absolute atomic E-state index is 0.683. The predicted molar refractivity (Wildman–Crippen MR) is 108 cm³/mol. The molecule has 25 heavy (non-hydrogen) atoms. The fraction of sp³-hybridized carbons (Fsp3) is 0.211. The SMILES string of the molecule is CCOc1ccc2c(c1)sc(/C=C1\Sc3ccc(Cl)cc3N1C)[n+]2C. The third-order valence-corrected chi connectivity index (χ3v) is 6.77. The molecule has 1 aliphatic heterocycles. The van der Waals surface area contributed by atoms with E-state index in [1.54, 1.807) is 23.1 Å². The maximum Gasteiger partial charge on any atom is 0.265 e. The molecule has 0 atom stereocenters. The Morgan fingerprint density at radius 2 is 2.08 bits per heavy atom. The van der Waals surface area contributed by atoms with Crippen molar-refractivity contribution in [3.8, 4) is 5.75 Å². The van der Waals surface area contributed by atoms with E-state index < -0.39 is 0 Å². The highest BCUT2D eigenvalue weighted by Crippen LogP contribution is 2.46. The van der Waals surface area contributed by atoms with E-state index in [1.165, 1.54) is 25.1 Å². The Labute approximate surface area is 160 Å². The largest absolute Gasteiger partial charge is 0.494 e. The van der Waals surface area contributed by atoms with Crippen LogP contribution in [0.4, 0.5) is 5.69 Å². The van der Waals surface area contributed by atoms with Crippen LogP contribution in [0.25, 0.3) is 16.3 Å². The molecule has 0 aliphatic carbocycles. The number of anilines is 1. The molecule has 128 valence electrons. The molecule has 0 unspecified atom stereocenters. The molecule has 1 aliphatic rings. The van der Waals surface area contributed by atoms with Crippen LogP contribution in [-0.4, -0.2) is 13.7 Å². The quantitative estimate of drug-likeness (QED) is 0.564. The van der Waals surface area contributed by atoms with Crippen molar-refractivity contribution in [2.24, 2.45) is 7.05 Å². The first-order valence-electron chi connectivity index (χ1n) is 8.05. The number of fused-ring (bicyclic) bond motifs is 2. The second-order valence-corrected chi connectivity index (χ2v) is 8.38. The fourth-order valence-electron chi connectivity index (χ4n) is 2.91. The van der Waals surface area contributed by atoms with E-state index >= 15 is 0 Å². The predicted octanol–water partition coefficient (Wildman–Crippen LogP) is 5.32. The van der Waals surface area contributed by atoms with Crippen LogP contribution in [0.1, 0.15) is 11.9 Å². The lowest BCUT2D eigenvalue weighted by Crippen LogP contribution is -2.29. The summed E-state index contributed by atoms with van der Waals surface area (Å²) in [5.74, 6) is 0.922. The van der Waals surface area contributed by atoms with Crippen molar-refractivity contribution in [1.82, 2.24) is 0 Å². The van der Waals surface area contributed by atoms with Crippen LogP contribution >= 0.6 is 34.7 Å². The zero-order valence-corrected chi connectivity index (χ0v) is 16.6. The maximum atomic E-state index is 6.15. The number of thioether (sulfide) groups is 1. The number of ether oxygens (including phenoxy) is 1. The first-order chi connectivity index (χ1) is 12.1. The highest BCUT2D eigenvalue weighted by Gasteiger charge is 2.25. The van der Waals surface area contributed by atoms with Crippen molar-refractivity contribution in [2.75, 3.05) is 18.6 Å². The van der Waals surface area contributed by atoms with Crippen LogP contribution in [0.3, 0.4) is 0 Å². The summed E-state index contributed by atoms with van der Waals surface area (Å²) in [6.45, 7) is 2.69. The van der Waals surface area contributed by atoms with Crippen molar-refractivity contribution in [3.63, 3.8) is 0 Å². The summed E-state index contributed by atoms with van der Waals surface area (Å²) in [5.41, 5.74) is 2.37. The summed E-state index contributed by atoms with van der Waals surface area (Å²) in [5, 5.41) is 3.17. The normalized spacial score (nSPS) is 15.2. The van der Waals surface area contributed by atoms with Crippen molar-refractivity contribution in [1.29, 1.82) is 0 Å². The molecule has 4 rings (SSSR count). The summed E-state index contributed by atoms with van der Waals surface area (Å²) in [6.07, 6.45) is 2.24. The summed E-state index contributed by atoms with van der Waals surface area (Å²) in [7, 11) is 4.19. The van der Waals surface area contributed by atoms with E-state index in [0.717, 1.165) is 16.5 Å². The first-order valence-corrected chi connectivity index (χ1v) is 10.1. The Kier molecular flexibility index (Phi) is 4.40. The Morgan fingerprint density at radius 3 is 2.88 bits per heavy atom. The third kappa shape index (κ3) is 3.01. The van der Waals surface area contributed by atoms with Crippen LogP contribution in [0.15, 0.2) is 46.3 Å². The molecular weight excluding hydrogens is 372 g/mol. The van der Waals surface area contributed by atoms with Gasteiger partial charge in [-0.3, -0.25) is 0 Å². The van der Waals surface area contributed by atoms with Crippen LogP contribution in [-0.2, 0) is 7.05 Å². The monoisotopic (exact) mass is 389 g/mol. The second-order valence-electron chi connectivity index (χ2n) is 5.82. The Morgan fingerprint density at radius 1 is 1.24 bits per heavy atom. The highest BCUT2D eigenvalue weighted by atomic mass is 35.5. The summed E-state index contributed by atoms with van der Waals surface area (Å²) in [4.78, 5) is 3.43. The number of hydrogen-bond acceptors (Lipinski definition) is 4. The molecule has 0 radical (unpaired) electrons. The molecule has 3 aromatic rings. The Balaban J connectivity index is 1.73. The summed E-state index contributed by atoms with van der Waals surface area (Å²) in [6, 6.07) is 12.3. The van der Waals surface area contributed by atoms with Crippen LogP contribution in [0.2, 0.25) is 5.02 Å². The van der Waals surface area contributed by atoms with E-state index in [4.69, 9.17) is 16.3 Å². The Hall–Kier alpha value is -1.69. The molecule has 0 saturated carbocycles. The van der Waals surface area contributed by atoms with Gasteiger partial charge in [-0.15, -0.1) is 0 Å². The fourth-order valence-corrected chi connectivity index (χ4v) is 5.33. The smallest absolute Gasteiger partial charge is 0.265 e. The number of benzene rings is 2.